The third kappa shape index (κ3) is 3.53. The van der Waals surface area contributed by atoms with Gasteiger partial charge in [0.05, 0.1) is 26.7 Å². The van der Waals surface area contributed by atoms with Crippen LogP contribution in [0.1, 0.15) is 34.9 Å². The van der Waals surface area contributed by atoms with Gasteiger partial charge in [0.25, 0.3) is 0 Å². The minimum Gasteiger partial charge on any atom is -0.502 e. The summed E-state index contributed by atoms with van der Waals surface area (Å²) in [4.78, 5) is 15.2. The number of cyclic esters (lactones) is 1. The van der Waals surface area contributed by atoms with Gasteiger partial charge in [-0.2, -0.15) is 0 Å². The van der Waals surface area contributed by atoms with Crippen molar-refractivity contribution in [2.75, 3.05) is 48.3 Å². The number of phenolic OH excluding ortho intramolecular Hbond substituents is 1. The van der Waals surface area contributed by atoms with Gasteiger partial charge in [-0.3, -0.25) is 4.79 Å². The zero-order valence-corrected chi connectivity index (χ0v) is 19.3. The van der Waals surface area contributed by atoms with E-state index in [1.165, 1.54) is 14.2 Å². The molecule has 0 unspecified atom stereocenters. The number of hydrogen-bond donors (Lipinski definition) is 1. The lowest BCUT2D eigenvalue weighted by atomic mass is 9.62. The lowest BCUT2D eigenvalue weighted by molar-refractivity contribution is -0.141. The van der Waals surface area contributed by atoms with Crippen LogP contribution in [0.5, 0.6) is 28.7 Å². The molecule has 2 aliphatic heterocycles. The maximum absolute atomic E-state index is 13.1. The molecule has 0 spiro atoms. The molecule has 0 saturated carbocycles. The zero-order chi connectivity index (χ0) is 23.3. The van der Waals surface area contributed by atoms with Crippen molar-refractivity contribution >= 4 is 5.97 Å². The van der Waals surface area contributed by atoms with Crippen LogP contribution in [0.4, 0.5) is 0 Å². The summed E-state index contributed by atoms with van der Waals surface area (Å²) >= 11 is 0. The van der Waals surface area contributed by atoms with Crippen LogP contribution in [-0.2, 0) is 9.53 Å². The van der Waals surface area contributed by atoms with E-state index in [9.17, 15) is 9.90 Å². The normalized spacial score (nSPS) is 24.9. The van der Waals surface area contributed by atoms with Gasteiger partial charge in [0.15, 0.2) is 23.0 Å². The zero-order valence-electron chi connectivity index (χ0n) is 19.3. The molecule has 0 amide bonds. The van der Waals surface area contributed by atoms with E-state index in [0.717, 1.165) is 35.4 Å². The molecule has 2 aromatic carbocycles. The number of esters is 1. The number of ether oxygens (including phenoxy) is 5. The summed E-state index contributed by atoms with van der Waals surface area (Å²) in [7, 11) is 7.09. The predicted octanol–water partition coefficient (Wildman–Crippen LogP) is 3.11. The predicted molar refractivity (Wildman–Crippen MR) is 119 cm³/mol. The number of rotatable bonds is 6. The van der Waals surface area contributed by atoms with Crippen molar-refractivity contribution in [3.63, 3.8) is 0 Å². The maximum Gasteiger partial charge on any atom is 0.310 e. The van der Waals surface area contributed by atoms with Gasteiger partial charge < -0.3 is 33.7 Å². The first-order valence-corrected chi connectivity index (χ1v) is 11.1. The third-order valence-corrected chi connectivity index (χ3v) is 7.09. The molecule has 1 aliphatic carbocycles. The van der Waals surface area contributed by atoms with Gasteiger partial charge in [-0.15, -0.1) is 0 Å². The standard InChI is InChI=1S/C25H29NO7/c1-26(2)6-5-14-15-9-18-19(33-12-32-18)10-16(15)22(23-17(14)11-31-25(23)28)13-7-20(29-3)24(27)21(8-13)30-4/h7-10,14,17,22-23,27H,5-6,11-12H2,1-4H3/t14-,17-,22-,23+/m1/s1. The topological polar surface area (TPSA) is 86.7 Å². The van der Waals surface area contributed by atoms with Crippen LogP contribution in [0.3, 0.4) is 0 Å². The van der Waals surface area contributed by atoms with Crippen LogP contribution in [0.25, 0.3) is 0 Å². The van der Waals surface area contributed by atoms with Gasteiger partial charge in [-0.25, -0.2) is 0 Å². The molecule has 8 nitrogen and oxygen atoms in total. The van der Waals surface area contributed by atoms with E-state index in [2.05, 4.69) is 25.1 Å². The summed E-state index contributed by atoms with van der Waals surface area (Å²) in [5.74, 6) is 1.24. The van der Waals surface area contributed by atoms with Gasteiger partial charge in [-0.05, 0) is 73.9 Å². The molecule has 0 aromatic heterocycles. The summed E-state index contributed by atoms with van der Waals surface area (Å²) in [5, 5.41) is 10.5. The Hall–Kier alpha value is -3.13. The van der Waals surface area contributed by atoms with E-state index in [0.29, 0.717) is 23.9 Å². The largest absolute Gasteiger partial charge is 0.502 e. The van der Waals surface area contributed by atoms with Crippen molar-refractivity contribution in [1.82, 2.24) is 4.90 Å². The van der Waals surface area contributed by atoms with E-state index in [1.54, 1.807) is 12.1 Å². The molecule has 0 bridgehead atoms. The van der Waals surface area contributed by atoms with Crippen molar-refractivity contribution in [2.45, 2.75) is 18.3 Å². The SMILES string of the molecule is COc1cc([C@@H]2c3cc4c(cc3[C@@H](CCN(C)C)[C@H]3COC(=O)[C@H]23)OCO4)cc(OC)c1O. The molecular weight excluding hydrogens is 426 g/mol. The fourth-order valence-electron chi connectivity index (χ4n) is 5.54. The smallest absolute Gasteiger partial charge is 0.310 e. The molecule has 4 atom stereocenters. The Morgan fingerprint density at radius 1 is 1.00 bits per heavy atom. The molecule has 2 heterocycles. The van der Waals surface area contributed by atoms with Crippen molar-refractivity contribution < 1.29 is 33.6 Å². The molecule has 2 aromatic rings. The highest BCUT2D eigenvalue weighted by Crippen LogP contribution is 2.56. The van der Waals surface area contributed by atoms with Crippen molar-refractivity contribution in [3.8, 4) is 28.7 Å². The molecule has 1 fully saturated rings. The average Bonchev–Trinajstić information content (AvgIpc) is 3.42. The minimum atomic E-state index is -0.357. The van der Waals surface area contributed by atoms with Gasteiger partial charge in [0.1, 0.15) is 0 Å². The van der Waals surface area contributed by atoms with Crippen LogP contribution >= 0.6 is 0 Å². The van der Waals surface area contributed by atoms with E-state index < -0.39 is 0 Å². The number of hydrogen-bond acceptors (Lipinski definition) is 8. The Labute approximate surface area is 192 Å². The number of benzene rings is 2. The van der Waals surface area contributed by atoms with Crippen molar-refractivity contribution in [2.24, 2.45) is 11.8 Å². The van der Waals surface area contributed by atoms with Gasteiger partial charge in [0.2, 0.25) is 12.5 Å². The highest BCUT2D eigenvalue weighted by Gasteiger charge is 2.52. The Bertz CT molecular complexity index is 1060. The molecule has 176 valence electrons. The fourth-order valence-corrected chi connectivity index (χ4v) is 5.54. The van der Waals surface area contributed by atoms with Crippen LogP contribution in [0, 0.1) is 11.8 Å². The Morgan fingerprint density at radius 2 is 1.64 bits per heavy atom. The second kappa shape index (κ2) is 8.33. The Balaban J connectivity index is 1.71. The molecule has 5 rings (SSSR count). The lowest BCUT2D eigenvalue weighted by Gasteiger charge is -2.39. The van der Waals surface area contributed by atoms with Gasteiger partial charge in [-0.1, -0.05) is 0 Å². The number of fused-ring (bicyclic) bond motifs is 3. The van der Waals surface area contributed by atoms with E-state index in [-0.39, 0.29) is 42.2 Å². The molecule has 1 saturated heterocycles. The number of methoxy groups -OCH3 is 2. The summed E-state index contributed by atoms with van der Waals surface area (Å²) < 4.78 is 27.8. The number of nitrogens with zero attached hydrogens (tertiary/aromatic N) is 1. The van der Waals surface area contributed by atoms with E-state index in [1.807, 2.05) is 6.07 Å². The van der Waals surface area contributed by atoms with Gasteiger partial charge >= 0.3 is 5.97 Å². The first kappa shape index (κ1) is 21.7. The number of carbonyl (C=O) groups excluding carboxylic acids is 1. The Kier molecular flexibility index (Phi) is 5.48. The summed E-state index contributed by atoms with van der Waals surface area (Å²) in [6.07, 6.45) is 0.895. The fraction of sp³-hybridized carbons (Fsp3) is 0.480. The van der Waals surface area contributed by atoms with Crippen LogP contribution in [0.15, 0.2) is 24.3 Å². The molecule has 0 radical (unpaired) electrons. The first-order chi connectivity index (χ1) is 15.9. The molecule has 3 aliphatic rings. The summed E-state index contributed by atoms with van der Waals surface area (Å²) in [6.45, 7) is 1.46. The second-order valence-electron chi connectivity index (χ2n) is 9.10. The molecule has 8 heteroatoms. The highest BCUT2D eigenvalue weighted by atomic mass is 16.7. The van der Waals surface area contributed by atoms with Gasteiger partial charge in [0, 0.05) is 11.8 Å². The average molecular weight is 456 g/mol. The summed E-state index contributed by atoms with van der Waals surface area (Å²) in [5.41, 5.74) is 2.98. The highest BCUT2D eigenvalue weighted by molar-refractivity contribution is 5.79. The molecular formula is C25H29NO7. The number of carbonyl (C=O) groups is 1. The third-order valence-electron chi connectivity index (χ3n) is 7.09. The van der Waals surface area contributed by atoms with E-state index >= 15 is 0 Å². The number of aromatic hydroxyl groups is 1. The maximum atomic E-state index is 13.1. The molecule has 33 heavy (non-hydrogen) atoms. The molecule has 1 N–H and O–H groups in total. The minimum absolute atomic E-state index is 0.0288. The first-order valence-electron chi connectivity index (χ1n) is 11.1. The van der Waals surface area contributed by atoms with E-state index in [4.69, 9.17) is 23.7 Å². The second-order valence-corrected chi connectivity index (χ2v) is 9.10. The van der Waals surface area contributed by atoms with Crippen molar-refractivity contribution in [1.29, 1.82) is 0 Å². The van der Waals surface area contributed by atoms with Crippen LogP contribution in [0.2, 0.25) is 0 Å². The van der Waals surface area contributed by atoms with Crippen LogP contribution in [-0.4, -0.2) is 64.2 Å². The monoisotopic (exact) mass is 455 g/mol. The Morgan fingerprint density at radius 3 is 2.24 bits per heavy atom. The van der Waals surface area contributed by atoms with Crippen molar-refractivity contribution in [3.05, 3.63) is 41.0 Å². The quantitative estimate of drug-likeness (QED) is 0.665. The number of phenols is 1. The lowest BCUT2D eigenvalue weighted by Crippen LogP contribution is -2.36. The van der Waals surface area contributed by atoms with Crippen LogP contribution < -0.4 is 18.9 Å². The summed E-state index contributed by atoms with van der Waals surface area (Å²) in [6, 6.07) is 7.62.